The molecule has 0 saturated carbocycles. The van der Waals surface area contributed by atoms with Gasteiger partial charge in [0.1, 0.15) is 0 Å². The van der Waals surface area contributed by atoms with Crippen molar-refractivity contribution in [2.45, 2.75) is 52.1 Å². The summed E-state index contributed by atoms with van der Waals surface area (Å²) < 4.78 is 0. The van der Waals surface area contributed by atoms with E-state index in [1.54, 1.807) is 0 Å². The average Bonchev–Trinajstić information content (AvgIpc) is 2.38. The van der Waals surface area contributed by atoms with Crippen LogP contribution >= 0.6 is 0 Å². The lowest BCUT2D eigenvalue weighted by atomic mass is 10.0. The first-order valence-corrected chi connectivity index (χ1v) is 7.14. The largest absolute Gasteiger partial charge is 0.354 e. The third kappa shape index (κ3) is 5.87. The second-order valence-electron chi connectivity index (χ2n) is 5.13. The predicted molar refractivity (Wildman–Crippen MR) is 80.1 cm³/mol. The number of rotatable bonds is 7. The lowest BCUT2D eigenvalue weighted by Gasteiger charge is -2.20. The Kier molecular flexibility index (Phi) is 6.77. The van der Waals surface area contributed by atoms with Gasteiger partial charge >= 0.3 is 0 Å². The van der Waals surface area contributed by atoms with Crippen molar-refractivity contribution in [1.29, 1.82) is 0 Å². The molecule has 0 aliphatic carbocycles. The smallest absolute Gasteiger partial charge is 0.222 e. The zero-order valence-corrected chi connectivity index (χ0v) is 12.5. The normalized spacial score (nSPS) is 13.3. The molecule has 2 atom stereocenters. The van der Waals surface area contributed by atoms with E-state index >= 15 is 0 Å². The Morgan fingerprint density at radius 2 is 1.80 bits per heavy atom. The van der Waals surface area contributed by atoms with Gasteiger partial charge in [-0.25, -0.2) is 0 Å². The molecule has 0 aromatic heterocycles. The highest BCUT2D eigenvalue weighted by atomic mass is 16.2. The van der Waals surface area contributed by atoms with E-state index in [2.05, 4.69) is 17.6 Å². The summed E-state index contributed by atoms with van der Waals surface area (Å²) in [6.45, 7) is 5.55. The molecule has 0 aliphatic rings. The number of carbonyl (C=O) groups excluding carboxylic acids is 2. The number of amides is 2. The maximum absolute atomic E-state index is 12.0. The van der Waals surface area contributed by atoms with Gasteiger partial charge in [0.25, 0.3) is 0 Å². The van der Waals surface area contributed by atoms with Crippen LogP contribution in [0.1, 0.15) is 51.6 Å². The lowest BCUT2D eigenvalue weighted by molar-refractivity contribution is -0.123. The van der Waals surface area contributed by atoms with Crippen molar-refractivity contribution in [3.8, 4) is 0 Å². The van der Waals surface area contributed by atoms with Crippen molar-refractivity contribution in [2.75, 3.05) is 0 Å². The summed E-state index contributed by atoms with van der Waals surface area (Å²) in [7, 11) is 0. The molecule has 1 rings (SSSR count). The van der Waals surface area contributed by atoms with E-state index in [0.717, 1.165) is 18.4 Å². The molecule has 0 spiro atoms. The minimum Gasteiger partial charge on any atom is -0.354 e. The minimum atomic E-state index is -0.275. The topological polar surface area (TPSA) is 58.2 Å². The van der Waals surface area contributed by atoms with Gasteiger partial charge in [0.2, 0.25) is 11.8 Å². The molecule has 0 fully saturated rings. The Balaban J connectivity index is 2.66. The van der Waals surface area contributed by atoms with Crippen LogP contribution in [-0.2, 0) is 9.59 Å². The van der Waals surface area contributed by atoms with Gasteiger partial charge < -0.3 is 10.6 Å². The molecule has 2 N–H and O–H groups in total. The molecule has 0 saturated heterocycles. The van der Waals surface area contributed by atoms with E-state index < -0.39 is 0 Å². The Bertz CT molecular complexity index is 431. The van der Waals surface area contributed by atoms with E-state index in [1.165, 1.54) is 6.92 Å². The maximum Gasteiger partial charge on any atom is 0.222 e. The lowest BCUT2D eigenvalue weighted by Crippen LogP contribution is -2.36. The fourth-order valence-electron chi connectivity index (χ4n) is 2.21. The second-order valence-corrected chi connectivity index (χ2v) is 5.13. The fraction of sp³-hybridized carbons (Fsp3) is 0.500. The van der Waals surface area contributed by atoms with Gasteiger partial charge in [-0.2, -0.15) is 0 Å². The van der Waals surface area contributed by atoms with Crippen LogP contribution in [0.25, 0.3) is 0 Å². The minimum absolute atomic E-state index is 0.0337. The van der Waals surface area contributed by atoms with Gasteiger partial charge in [-0.3, -0.25) is 9.59 Å². The van der Waals surface area contributed by atoms with Crippen LogP contribution < -0.4 is 10.6 Å². The number of hydrogen-bond acceptors (Lipinski definition) is 2. The Morgan fingerprint density at radius 1 is 1.15 bits per heavy atom. The van der Waals surface area contributed by atoms with Crippen LogP contribution in [0.5, 0.6) is 0 Å². The third-order valence-electron chi connectivity index (χ3n) is 3.10. The first-order valence-electron chi connectivity index (χ1n) is 7.14. The summed E-state index contributed by atoms with van der Waals surface area (Å²) in [5, 5.41) is 5.80. The summed E-state index contributed by atoms with van der Waals surface area (Å²) in [4.78, 5) is 23.3. The molecule has 4 nitrogen and oxygen atoms in total. The molecule has 0 radical (unpaired) electrons. The Hall–Kier alpha value is -1.84. The molecule has 4 heteroatoms. The van der Waals surface area contributed by atoms with Gasteiger partial charge in [-0.15, -0.1) is 0 Å². The summed E-state index contributed by atoms with van der Waals surface area (Å²) >= 11 is 0. The molecule has 1 aromatic rings. The van der Waals surface area contributed by atoms with Crippen LogP contribution in [0.3, 0.4) is 0 Å². The second kappa shape index (κ2) is 8.35. The zero-order valence-electron chi connectivity index (χ0n) is 12.5. The molecule has 0 heterocycles. The molecular weight excluding hydrogens is 252 g/mol. The third-order valence-corrected chi connectivity index (χ3v) is 3.10. The van der Waals surface area contributed by atoms with Gasteiger partial charge in [0.15, 0.2) is 0 Å². The number of carbonyl (C=O) groups is 2. The van der Waals surface area contributed by atoms with E-state index in [0.29, 0.717) is 0 Å². The summed E-state index contributed by atoms with van der Waals surface area (Å²) in [5.74, 6) is -0.165. The average molecular weight is 276 g/mol. The first-order chi connectivity index (χ1) is 9.52. The van der Waals surface area contributed by atoms with Gasteiger partial charge in [-0.1, -0.05) is 43.7 Å². The van der Waals surface area contributed by atoms with E-state index in [-0.39, 0.29) is 30.3 Å². The maximum atomic E-state index is 12.0. The fourth-order valence-corrected chi connectivity index (χ4v) is 2.21. The standard InChI is InChI=1S/C16H24N2O2/c1-4-8-12(2)17-16(20)11-15(18-13(3)19)14-9-6-5-7-10-14/h5-7,9-10,12,15H,4,8,11H2,1-3H3,(H,17,20)(H,18,19). The highest BCUT2D eigenvalue weighted by molar-refractivity contribution is 5.79. The van der Waals surface area contributed by atoms with Gasteiger partial charge in [-0.05, 0) is 18.9 Å². The quantitative estimate of drug-likeness (QED) is 0.804. The number of hydrogen-bond donors (Lipinski definition) is 2. The van der Waals surface area contributed by atoms with Crippen molar-refractivity contribution in [3.05, 3.63) is 35.9 Å². The van der Waals surface area contributed by atoms with Crippen molar-refractivity contribution >= 4 is 11.8 Å². The summed E-state index contributed by atoms with van der Waals surface area (Å²) in [6, 6.07) is 9.46. The van der Waals surface area contributed by atoms with Crippen molar-refractivity contribution in [3.63, 3.8) is 0 Å². The molecule has 0 bridgehead atoms. The van der Waals surface area contributed by atoms with Crippen LogP contribution in [0.15, 0.2) is 30.3 Å². The monoisotopic (exact) mass is 276 g/mol. The first kappa shape index (κ1) is 16.2. The summed E-state index contributed by atoms with van der Waals surface area (Å²) in [5.41, 5.74) is 0.945. The van der Waals surface area contributed by atoms with Crippen molar-refractivity contribution in [1.82, 2.24) is 10.6 Å². The SMILES string of the molecule is CCCC(C)NC(=O)CC(NC(C)=O)c1ccccc1. The van der Waals surface area contributed by atoms with Gasteiger partial charge in [0.05, 0.1) is 12.5 Å². The summed E-state index contributed by atoms with van der Waals surface area (Å²) in [6.07, 6.45) is 2.26. The molecule has 0 aliphatic heterocycles. The molecule has 2 amide bonds. The zero-order chi connectivity index (χ0) is 15.0. The van der Waals surface area contributed by atoms with Crippen molar-refractivity contribution in [2.24, 2.45) is 0 Å². The highest BCUT2D eigenvalue weighted by Crippen LogP contribution is 2.16. The van der Waals surface area contributed by atoms with E-state index in [4.69, 9.17) is 0 Å². The molecule has 2 unspecified atom stereocenters. The van der Waals surface area contributed by atoms with Crippen LogP contribution in [0.2, 0.25) is 0 Å². The van der Waals surface area contributed by atoms with Gasteiger partial charge in [0, 0.05) is 13.0 Å². The Labute approximate surface area is 121 Å². The molecule has 1 aromatic carbocycles. The Morgan fingerprint density at radius 3 is 2.35 bits per heavy atom. The molecular formula is C16H24N2O2. The highest BCUT2D eigenvalue weighted by Gasteiger charge is 2.17. The number of nitrogens with one attached hydrogen (secondary N) is 2. The van der Waals surface area contributed by atoms with Crippen LogP contribution in [0.4, 0.5) is 0 Å². The van der Waals surface area contributed by atoms with Crippen LogP contribution in [-0.4, -0.2) is 17.9 Å². The molecule has 20 heavy (non-hydrogen) atoms. The van der Waals surface area contributed by atoms with E-state index in [1.807, 2.05) is 37.3 Å². The number of benzene rings is 1. The van der Waals surface area contributed by atoms with Crippen LogP contribution in [0, 0.1) is 0 Å². The van der Waals surface area contributed by atoms with Crippen molar-refractivity contribution < 1.29 is 9.59 Å². The van der Waals surface area contributed by atoms with E-state index in [9.17, 15) is 9.59 Å². The molecule has 110 valence electrons. The predicted octanol–water partition coefficient (Wildman–Crippen LogP) is 2.56.